The molecule has 0 radical (unpaired) electrons. The molecule has 0 atom stereocenters. The molecule has 0 saturated carbocycles. The molecule has 0 aromatic heterocycles. The highest BCUT2D eigenvalue weighted by molar-refractivity contribution is 5.97. The molecule has 2 amide bonds. The Bertz CT molecular complexity index is 816. The van der Waals surface area contributed by atoms with Crippen molar-refractivity contribution in [3.8, 4) is 0 Å². The number of amides is 2. The van der Waals surface area contributed by atoms with Crippen LogP contribution in [0.5, 0.6) is 0 Å². The first-order chi connectivity index (χ1) is 12.4. The van der Waals surface area contributed by atoms with Crippen LogP contribution in [0.1, 0.15) is 21.5 Å². The highest BCUT2D eigenvalue weighted by Gasteiger charge is 2.14. The standard InChI is InChI=1S/C19H19FN2O4/c1-12-6-5-7-13(2)18(12)22-16(23)11-26-17(24)10-21-19(25)14-8-3-4-9-15(14)20/h3-9H,10-11H2,1-2H3,(H,21,25)(H,22,23). The van der Waals surface area contributed by atoms with Crippen molar-refractivity contribution in [2.45, 2.75) is 13.8 Å². The summed E-state index contributed by atoms with van der Waals surface area (Å²) < 4.78 is 18.3. The van der Waals surface area contributed by atoms with Gasteiger partial charge in [-0.1, -0.05) is 30.3 Å². The lowest BCUT2D eigenvalue weighted by atomic mass is 10.1. The molecule has 0 bridgehead atoms. The number of hydrogen-bond acceptors (Lipinski definition) is 4. The monoisotopic (exact) mass is 358 g/mol. The summed E-state index contributed by atoms with van der Waals surface area (Å²) in [7, 11) is 0. The largest absolute Gasteiger partial charge is 0.454 e. The van der Waals surface area contributed by atoms with Crippen molar-refractivity contribution in [2.24, 2.45) is 0 Å². The number of carbonyl (C=O) groups is 3. The van der Waals surface area contributed by atoms with E-state index >= 15 is 0 Å². The molecule has 0 aliphatic rings. The zero-order chi connectivity index (χ0) is 19.1. The fraction of sp³-hybridized carbons (Fsp3) is 0.211. The third kappa shape index (κ3) is 5.14. The second kappa shape index (κ2) is 8.75. The van der Waals surface area contributed by atoms with Gasteiger partial charge < -0.3 is 15.4 Å². The molecule has 0 unspecified atom stereocenters. The lowest BCUT2D eigenvalue weighted by Crippen LogP contribution is -2.32. The smallest absolute Gasteiger partial charge is 0.325 e. The minimum Gasteiger partial charge on any atom is -0.454 e. The quantitative estimate of drug-likeness (QED) is 0.777. The first-order valence-corrected chi connectivity index (χ1v) is 7.93. The van der Waals surface area contributed by atoms with Gasteiger partial charge in [0.2, 0.25) is 0 Å². The number of aryl methyl sites for hydroxylation is 2. The molecule has 0 spiro atoms. The molecule has 0 heterocycles. The molecular weight excluding hydrogens is 339 g/mol. The SMILES string of the molecule is Cc1cccc(C)c1NC(=O)COC(=O)CNC(=O)c1ccccc1F. The number of hydrogen-bond donors (Lipinski definition) is 2. The predicted octanol–water partition coefficient (Wildman–Crippen LogP) is 2.35. The van der Waals surface area contributed by atoms with Crippen LogP contribution in [0.4, 0.5) is 10.1 Å². The number of ether oxygens (including phenoxy) is 1. The Labute approximate surface area is 150 Å². The Morgan fingerprint density at radius 1 is 1.00 bits per heavy atom. The number of halogens is 1. The van der Waals surface area contributed by atoms with Gasteiger partial charge in [-0.3, -0.25) is 14.4 Å². The van der Waals surface area contributed by atoms with Gasteiger partial charge in [-0.25, -0.2) is 4.39 Å². The van der Waals surface area contributed by atoms with E-state index in [1.807, 2.05) is 32.0 Å². The molecule has 136 valence electrons. The molecule has 0 aliphatic heterocycles. The fourth-order valence-electron chi connectivity index (χ4n) is 2.28. The van der Waals surface area contributed by atoms with Crippen LogP contribution in [0.2, 0.25) is 0 Å². The number of esters is 1. The molecule has 0 aliphatic carbocycles. The summed E-state index contributed by atoms with van der Waals surface area (Å²) in [6.07, 6.45) is 0. The Hall–Kier alpha value is -3.22. The number of benzene rings is 2. The summed E-state index contributed by atoms with van der Waals surface area (Å²) in [6, 6.07) is 11.0. The van der Waals surface area contributed by atoms with Gasteiger partial charge in [-0.15, -0.1) is 0 Å². The topological polar surface area (TPSA) is 84.5 Å². The highest BCUT2D eigenvalue weighted by atomic mass is 19.1. The Kier molecular flexibility index (Phi) is 6.43. The number of carbonyl (C=O) groups excluding carboxylic acids is 3. The highest BCUT2D eigenvalue weighted by Crippen LogP contribution is 2.19. The van der Waals surface area contributed by atoms with E-state index in [1.54, 1.807) is 0 Å². The average molecular weight is 358 g/mol. The van der Waals surface area contributed by atoms with Crippen molar-refractivity contribution >= 4 is 23.5 Å². The molecule has 2 aromatic rings. The van der Waals surface area contributed by atoms with Crippen molar-refractivity contribution in [2.75, 3.05) is 18.5 Å². The summed E-state index contributed by atoms with van der Waals surface area (Å²) in [5.74, 6) is -2.71. The van der Waals surface area contributed by atoms with Gasteiger partial charge >= 0.3 is 5.97 Å². The minimum atomic E-state index is -0.800. The Morgan fingerprint density at radius 3 is 2.31 bits per heavy atom. The third-order valence-corrected chi connectivity index (χ3v) is 3.62. The lowest BCUT2D eigenvalue weighted by Gasteiger charge is -2.11. The number of rotatable bonds is 6. The predicted molar refractivity (Wildman–Crippen MR) is 94.2 cm³/mol. The van der Waals surface area contributed by atoms with Gasteiger partial charge in [0.15, 0.2) is 6.61 Å². The number of anilines is 1. The van der Waals surface area contributed by atoms with E-state index < -0.39 is 36.8 Å². The molecule has 7 heteroatoms. The van der Waals surface area contributed by atoms with E-state index in [4.69, 9.17) is 4.74 Å². The van der Waals surface area contributed by atoms with Crippen molar-refractivity contribution in [3.63, 3.8) is 0 Å². The van der Waals surface area contributed by atoms with Gasteiger partial charge in [0, 0.05) is 5.69 Å². The van der Waals surface area contributed by atoms with Crippen molar-refractivity contribution in [1.29, 1.82) is 0 Å². The van der Waals surface area contributed by atoms with Crippen LogP contribution in [-0.2, 0) is 14.3 Å². The van der Waals surface area contributed by atoms with Crippen LogP contribution in [-0.4, -0.2) is 30.9 Å². The maximum atomic E-state index is 13.5. The van der Waals surface area contributed by atoms with E-state index in [1.165, 1.54) is 18.2 Å². The minimum absolute atomic E-state index is 0.173. The molecule has 0 fully saturated rings. The molecule has 2 N–H and O–H groups in total. The summed E-state index contributed by atoms with van der Waals surface area (Å²) in [6.45, 7) is 2.76. The summed E-state index contributed by atoms with van der Waals surface area (Å²) >= 11 is 0. The van der Waals surface area contributed by atoms with E-state index in [0.717, 1.165) is 17.2 Å². The first kappa shape index (κ1) is 19.1. The van der Waals surface area contributed by atoms with Crippen molar-refractivity contribution < 1.29 is 23.5 Å². The maximum Gasteiger partial charge on any atom is 0.325 e. The van der Waals surface area contributed by atoms with Crippen LogP contribution in [0.3, 0.4) is 0 Å². The third-order valence-electron chi connectivity index (χ3n) is 3.62. The first-order valence-electron chi connectivity index (χ1n) is 7.93. The Balaban J connectivity index is 1.79. The molecular formula is C19H19FN2O4. The summed E-state index contributed by atoms with van der Waals surface area (Å²) in [4.78, 5) is 35.3. The maximum absolute atomic E-state index is 13.5. The fourth-order valence-corrected chi connectivity index (χ4v) is 2.28. The number of para-hydroxylation sites is 1. The summed E-state index contributed by atoms with van der Waals surface area (Å²) in [5, 5.41) is 4.92. The zero-order valence-corrected chi connectivity index (χ0v) is 14.5. The van der Waals surface area contributed by atoms with E-state index in [0.29, 0.717) is 5.69 Å². The van der Waals surface area contributed by atoms with E-state index in [9.17, 15) is 18.8 Å². The van der Waals surface area contributed by atoms with Crippen LogP contribution < -0.4 is 10.6 Å². The lowest BCUT2D eigenvalue weighted by molar-refractivity contribution is -0.146. The zero-order valence-electron chi connectivity index (χ0n) is 14.5. The van der Waals surface area contributed by atoms with Gasteiger partial charge in [0.05, 0.1) is 5.56 Å². The number of nitrogens with one attached hydrogen (secondary N) is 2. The van der Waals surface area contributed by atoms with Gasteiger partial charge in [0.25, 0.3) is 11.8 Å². The van der Waals surface area contributed by atoms with Crippen LogP contribution in [0.25, 0.3) is 0 Å². The second-order valence-corrected chi connectivity index (χ2v) is 5.64. The molecule has 0 saturated heterocycles. The molecule has 2 rings (SSSR count). The summed E-state index contributed by atoms with van der Waals surface area (Å²) in [5.41, 5.74) is 2.28. The van der Waals surface area contributed by atoms with Crippen LogP contribution in [0, 0.1) is 19.7 Å². The average Bonchev–Trinajstić information content (AvgIpc) is 2.61. The molecule has 2 aromatic carbocycles. The van der Waals surface area contributed by atoms with E-state index in [2.05, 4.69) is 10.6 Å². The van der Waals surface area contributed by atoms with Crippen molar-refractivity contribution in [3.05, 3.63) is 65.0 Å². The van der Waals surface area contributed by atoms with Gasteiger partial charge in [-0.2, -0.15) is 0 Å². The van der Waals surface area contributed by atoms with E-state index in [-0.39, 0.29) is 5.56 Å². The van der Waals surface area contributed by atoms with Crippen molar-refractivity contribution in [1.82, 2.24) is 5.32 Å². The van der Waals surface area contributed by atoms with Crippen LogP contribution >= 0.6 is 0 Å². The molecule has 6 nitrogen and oxygen atoms in total. The van der Waals surface area contributed by atoms with Crippen LogP contribution in [0.15, 0.2) is 42.5 Å². The normalized spacial score (nSPS) is 10.1. The Morgan fingerprint density at radius 2 is 1.65 bits per heavy atom. The second-order valence-electron chi connectivity index (χ2n) is 5.64. The molecule has 26 heavy (non-hydrogen) atoms. The van der Waals surface area contributed by atoms with Gasteiger partial charge in [0.1, 0.15) is 12.4 Å². The van der Waals surface area contributed by atoms with Gasteiger partial charge in [-0.05, 0) is 37.1 Å².